The van der Waals surface area contributed by atoms with Crippen LogP contribution >= 0.6 is 11.6 Å². The van der Waals surface area contributed by atoms with Crippen molar-refractivity contribution in [3.05, 3.63) is 65.4 Å². The standard InChI is InChI=1S/C19H16ClN5O/c1-26-15-8-4-13(5-9-15)18-24-16-17(21)22-11-23-19(16)25(18)10-12-2-6-14(20)7-3-12/h2-9,11H,10H2,1H3,(H2,21,22,23). The van der Waals surface area contributed by atoms with Crippen molar-refractivity contribution in [2.75, 3.05) is 12.8 Å². The van der Waals surface area contributed by atoms with Crippen LogP contribution in [0.3, 0.4) is 0 Å². The number of hydrogen-bond donors (Lipinski definition) is 1. The van der Waals surface area contributed by atoms with E-state index in [1.807, 2.05) is 53.1 Å². The van der Waals surface area contributed by atoms with Gasteiger partial charge in [-0.1, -0.05) is 23.7 Å². The van der Waals surface area contributed by atoms with E-state index >= 15 is 0 Å². The summed E-state index contributed by atoms with van der Waals surface area (Å²) in [6, 6.07) is 15.4. The van der Waals surface area contributed by atoms with Crippen LogP contribution in [0.15, 0.2) is 54.9 Å². The van der Waals surface area contributed by atoms with Gasteiger partial charge in [-0.25, -0.2) is 15.0 Å². The summed E-state index contributed by atoms with van der Waals surface area (Å²) in [6.07, 6.45) is 1.45. The zero-order valence-corrected chi connectivity index (χ0v) is 14.8. The molecule has 0 aliphatic heterocycles. The lowest BCUT2D eigenvalue weighted by Crippen LogP contribution is -2.03. The highest BCUT2D eigenvalue weighted by Gasteiger charge is 2.16. The number of ether oxygens (including phenoxy) is 1. The van der Waals surface area contributed by atoms with Crippen LogP contribution in [0.2, 0.25) is 5.02 Å². The van der Waals surface area contributed by atoms with Gasteiger partial charge in [-0.2, -0.15) is 0 Å². The minimum atomic E-state index is 0.361. The minimum Gasteiger partial charge on any atom is -0.497 e. The topological polar surface area (TPSA) is 78.8 Å². The molecule has 0 fully saturated rings. The summed E-state index contributed by atoms with van der Waals surface area (Å²) >= 11 is 6.00. The number of hydrogen-bond acceptors (Lipinski definition) is 5. The Morgan fingerprint density at radius 3 is 2.46 bits per heavy atom. The molecule has 7 heteroatoms. The summed E-state index contributed by atoms with van der Waals surface area (Å²) in [7, 11) is 1.64. The Morgan fingerprint density at radius 2 is 1.77 bits per heavy atom. The number of imidazole rings is 1. The number of benzene rings is 2. The van der Waals surface area contributed by atoms with E-state index in [-0.39, 0.29) is 0 Å². The first-order chi connectivity index (χ1) is 12.7. The van der Waals surface area contributed by atoms with E-state index in [2.05, 4.69) is 9.97 Å². The normalized spacial score (nSPS) is 11.0. The molecule has 0 spiro atoms. The highest BCUT2D eigenvalue weighted by Crippen LogP contribution is 2.28. The summed E-state index contributed by atoms with van der Waals surface area (Å²) in [5.74, 6) is 1.91. The Kier molecular flexibility index (Phi) is 4.18. The molecule has 0 aliphatic carbocycles. The maximum Gasteiger partial charge on any atom is 0.166 e. The second-order valence-electron chi connectivity index (χ2n) is 5.81. The van der Waals surface area contributed by atoms with Crippen molar-refractivity contribution in [3.8, 4) is 17.1 Å². The zero-order valence-electron chi connectivity index (χ0n) is 14.1. The second-order valence-corrected chi connectivity index (χ2v) is 6.24. The molecule has 0 aliphatic rings. The molecule has 130 valence electrons. The number of nitrogens with zero attached hydrogens (tertiary/aromatic N) is 4. The van der Waals surface area contributed by atoms with Crippen molar-refractivity contribution in [2.24, 2.45) is 0 Å². The number of rotatable bonds is 4. The number of nitrogen functional groups attached to an aromatic ring is 1. The molecule has 0 saturated carbocycles. The molecule has 0 saturated heterocycles. The van der Waals surface area contributed by atoms with Crippen molar-refractivity contribution in [2.45, 2.75) is 6.54 Å². The summed E-state index contributed by atoms with van der Waals surface area (Å²) in [5, 5.41) is 0.700. The zero-order chi connectivity index (χ0) is 18.1. The van der Waals surface area contributed by atoms with E-state index in [1.165, 1.54) is 6.33 Å². The predicted molar refractivity (Wildman–Crippen MR) is 102 cm³/mol. The van der Waals surface area contributed by atoms with Crippen molar-refractivity contribution in [3.63, 3.8) is 0 Å². The van der Waals surface area contributed by atoms with Gasteiger partial charge in [0.2, 0.25) is 0 Å². The molecule has 6 nitrogen and oxygen atoms in total. The SMILES string of the molecule is COc1ccc(-c2nc3c(N)ncnc3n2Cc2ccc(Cl)cc2)cc1. The Labute approximate surface area is 155 Å². The lowest BCUT2D eigenvalue weighted by molar-refractivity contribution is 0.415. The van der Waals surface area contributed by atoms with Crippen LogP contribution in [0.4, 0.5) is 5.82 Å². The van der Waals surface area contributed by atoms with Crippen molar-refractivity contribution >= 4 is 28.6 Å². The van der Waals surface area contributed by atoms with Gasteiger partial charge in [0, 0.05) is 10.6 Å². The molecule has 0 radical (unpaired) electrons. The number of methoxy groups -OCH3 is 1. The molecule has 4 aromatic rings. The van der Waals surface area contributed by atoms with Gasteiger partial charge in [0.15, 0.2) is 17.0 Å². The third-order valence-electron chi connectivity index (χ3n) is 4.16. The maximum atomic E-state index is 6.01. The molecule has 2 heterocycles. The average molecular weight is 366 g/mol. The number of anilines is 1. The molecule has 4 rings (SSSR count). The van der Waals surface area contributed by atoms with Crippen LogP contribution in [0.1, 0.15) is 5.56 Å². The van der Waals surface area contributed by atoms with Crippen LogP contribution in [0.25, 0.3) is 22.6 Å². The molecule has 2 aromatic heterocycles. The molecule has 0 unspecified atom stereocenters. The first-order valence-electron chi connectivity index (χ1n) is 8.01. The second kappa shape index (κ2) is 6.65. The number of fused-ring (bicyclic) bond motifs is 1. The average Bonchev–Trinajstić information content (AvgIpc) is 3.04. The molecule has 2 N–H and O–H groups in total. The fourth-order valence-corrected chi connectivity index (χ4v) is 2.96. The molecule has 2 aromatic carbocycles. The first kappa shape index (κ1) is 16.4. The molecule has 0 amide bonds. The monoisotopic (exact) mass is 365 g/mol. The molecule has 0 bridgehead atoms. The van der Waals surface area contributed by atoms with Gasteiger partial charge in [0.25, 0.3) is 0 Å². The lowest BCUT2D eigenvalue weighted by atomic mass is 10.2. The van der Waals surface area contributed by atoms with E-state index in [1.54, 1.807) is 7.11 Å². The Hall–Kier alpha value is -3.12. The smallest absolute Gasteiger partial charge is 0.166 e. The van der Waals surface area contributed by atoms with Gasteiger partial charge in [0.1, 0.15) is 17.9 Å². The van der Waals surface area contributed by atoms with Crippen LogP contribution in [-0.2, 0) is 6.54 Å². The third-order valence-corrected chi connectivity index (χ3v) is 4.41. The van der Waals surface area contributed by atoms with Crippen molar-refractivity contribution in [1.29, 1.82) is 0 Å². The van der Waals surface area contributed by atoms with Gasteiger partial charge < -0.3 is 15.0 Å². The van der Waals surface area contributed by atoms with E-state index in [4.69, 9.17) is 27.1 Å². The fraction of sp³-hybridized carbons (Fsp3) is 0.105. The maximum absolute atomic E-state index is 6.01. The van der Waals surface area contributed by atoms with E-state index in [9.17, 15) is 0 Å². The molecular formula is C19H16ClN5O. The highest BCUT2D eigenvalue weighted by molar-refractivity contribution is 6.30. The summed E-state index contributed by atoms with van der Waals surface area (Å²) in [5.41, 5.74) is 9.32. The first-order valence-corrected chi connectivity index (χ1v) is 8.39. The quantitative estimate of drug-likeness (QED) is 0.595. The van der Waals surface area contributed by atoms with E-state index < -0.39 is 0 Å². The van der Waals surface area contributed by atoms with Crippen LogP contribution in [-0.4, -0.2) is 26.6 Å². The summed E-state index contributed by atoms with van der Waals surface area (Å²) in [6.45, 7) is 0.589. The number of nitrogens with two attached hydrogens (primary N) is 1. The summed E-state index contributed by atoms with van der Waals surface area (Å²) < 4.78 is 7.26. The Bertz CT molecular complexity index is 1060. The van der Waals surface area contributed by atoms with Gasteiger partial charge in [-0.3, -0.25) is 0 Å². The van der Waals surface area contributed by atoms with Gasteiger partial charge in [-0.15, -0.1) is 0 Å². The van der Waals surface area contributed by atoms with Gasteiger partial charge in [0.05, 0.1) is 13.7 Å². The van der Waals surface area contributed by atoms with E-state index in [0.717, 1.165) is 22.7 Å². The van der Waals surface area contributed by atoms with Crippen molar-refractivity contribution < 1.29 is 4.74 Å². The number of halogens is 1. The van der Waals surface area contributed by atoms with Crippen molar-refractivity contribution in [1.82, 2.24) is 19.5 Å². The van der Waals surface area contributed by atoms with Gasteiger partial charge in [-0.05, 0) is 42.0 Å². The van der Waals surface area contributed by atoms with Crippen LogP contribution < -0.4 is 10.5 Å². The largest absolute Gasteiger partial charge is 0.497 e. The molecule has 0 atom stereocenters. The molecular weight excluding hydrogens is 350 g/mol. The van der Waals surface area contributed by atoms with Gasteiger partial charge >= 0.3 is 0 Å². The van der Waals surface area contributed by atoms with Crippen LogP contribution in [0, 0.1) is 0 Å². The lowest BCUT2D eigenvalue weighted by Gasteiger charge is -2.10. The highest BCUT2D eigenvalue weighted by atomic mass is 35.5. The van der Waals surface area contributed by atoms with E-state index in [0.29, 0.717) is 28.5 Å². The summed E-state index contributed by atoms with van der Waals surface area (Å²) in [4.78, 5) is 13.1. The Balaban J connectivity index is 1.87. The third kappa shape index (κ3) is 2.95. The minimum absolute atomic E-state index is 0.361. The predicted octanol–water partition coefficient (Wildman–Crippen LogP) is 3.79. The Morgan fingerprint density at radius 1 is 1.04 bits per heavy atom. The fourth-order valence-electron chi connectivity index (χ4n) is 2.84. The molecule has 26 heavy (non-hydrogen) atoms. The van der Waals surface area contributed by atoms with Crippen LogP contribution in [0.5, 0.6) is 5.75 Å². The number of aromatic nitrogens is 4.